The fraction of sp³-hybridized carbons (Fsp3) is 0.172. The van der Waals surface area contributed by atoms with E-state index in [4.69, 9.17) is 9.72 Å². The second kappa shape index (κ2) is 15.6. The number of rotatable bonds is 8. The van der Waals surface area contributed by atoms with E-state index < -0.39 is 8.07 Å². The van der Waals surface area contributed by atoms with Crippen LogP contribution in [0.1, 0.15) is 52.7 Å². The van der Waals surface area contributed by atoms with Crippen LogP contribution in [0.25, 0.3) is 61.2 Å². The van der Waals surface area contributed by atoms with Crippen LogP contribution in [0.5, 0.6) is 11.5 Å². The highest BCUT2D eigenvalue weighted by Gasteiger charge is 2.28. The summed E-state index contributed by atoms with van der Waals surface area (Å²) in [5.41, 5.74) is 11.1. The number of aromatic nitrogens is 4. The summed E-state index contributed by atoms with van der Waals surface area (Å²) >= 11 is 0. The van der Waals surface area contributed by atoms with E-state index in [2.05, 4.69) is 245 Å². The van der Waals surface area contributed by atoms with Gasteiger partial charge < -0.3 is 4.74 Å². The minimum absolute atomic E-state index is 0.0108. The molecule has 0 bridgehead atoms. The molecule has 0 fully saturated rings. The standard InChI is InChI=1S/C58H54N4OSi/c1-57(2,3)41-33-34-59-55(36-41)62-51-28-13-12-25-48(51)49-32-31-44(38-54(49)62)63-43-21-17-20-42(37-43)60-39-61(53-30-15-14-29-52(53)60)56-47(26-18-27-50(56)58(4,5)6)40-19-16-24-46(35-40)64(7,8)45-22-10-9-11-23-45/h9-38H,1-8H3. The average Bonchev–Trinajstić information content (AvgIpc) is 3.85. The summed E-state index contributed by atoms with van der Waals surface area (Å²) in [5, 5.41) is 5.17. The Morgan fingerprint density at radius 2 is 1.25 bits per heavy atom. The largest absolute Gasteiger partial charge is 0.458 e. The van der Waals surface area contributed by atoms with Crippen LogP contribution >= 0.6 is 0 Å². The van der Waals surface area contributed by atoms with Crippen LogP contribution in [0.4, 0.5) is 0 Å². The molecular formula is C58H54N4OSi. The molecule has 0 amide bonds. The van der Waals surface area contributed by atoms with Crippen LogP contribution in [0.15, 0.2) is 182 Å². The molecule has 3 aromatic heterocycles. The first-order chi connectivity index (χ1) is 30.8. The second-order valence-corrected chi connectivity index (χ2v) is 24.0. The number of pyridine rings is 1. The van der Waals surface area contributed by atoms with Gasteiger partial charge in [0.15, 0.2) is 0 Å². The smallest absolute Gasteiger partial charge is 0.269 e. The fourth-order valence-corrected chi connectivity index (χ4v) is 11.6. The zero-order valence-corrected chi connectivity index (χ0v) is 39.0. The Bertz CT molecular complexity index is 3360. The van der Waals surface area contributed by atoms with Gasteiger partial charge in [-0.05, 0) is 81.6 Å². The maximum Gasteiger partial charge on any atom is 0.269 e. The van der Waals surface area contributed by atoms with E-state index in [1.54, 1.807) is 0 Å². The highest BCUT2D eigenvalue weighted by molar-refractivity contribution is 7.00. The lowest BCUT2D eigenvalue weighted by molar-refractivity contribution is -0.572. The average molecular weight is 851 g/mol. The molecule has 6 heteroatoms. The van der Waals surface area contributed by atoms with Gasteiger partial charge in [0, 0.05) is 23.0 Å². The third kappa shape index (κ3) is 7.31. The molecule has 5 nitrogen and oxygen atoms in total. The van der Waals surface area contributed by atoms with Crippen molar-refractivity contribution in [3.05, 3.63) is 200 Å². The Kier molecular flexibility index (Phi) is 10.0. The monoisotopic (exact) mass is 850 g/mol. The van der Waals surface area contributed by atoms with Crippen LogP contribution in [0, 0.1) is 6.33 Å². The Labute approximate surface area is 377 Å². The van der Waals surface area contributed by atoms with Crippen molar-refractivity contribution in [2.24, 2.45) is 0 Å². The first kappa shape index (κ1) is 41.0. The first-order valence-corrected chi connectivity index (χ1v) is 25.3. The maximum absolute atomic E-state index is 6.76. The van der Waals surface area contributed by atoms with Gasteiger partial charge >= 0.3 is 0 Å². The Hall–Kier alpha value is -7.02. The topological polar surface area (TPSA) is 35.9 Å². The molecule has 10 rings (SSSR count). The van der Waals surface area contributed by atoms with Gasteiger partial charge in [0.2, 0.25) is 0 Å². The number of nitrogens with zero attached hydrogens (tertiary/aromatic N) is 4. The maximum atomic E-state index is 6.76. The van der Waals surface area contributed by atoms with Crippen molar-refractivity contribution in [1.82, 2.24) is 14.1 Å². The minimum atomic E-state index is -1.97. The quantitative estimate of drug-likeness (QED) is 0.0867. The summed E-state index contributed by atoms with van der Waals surface area (Å²) in [7, 11) is -1.97. The number of fused-ring (bicyclic) bond motifs is 4. The molecule has 64 heavy (non-hydrogen) atoms. The number of ether oxygens (including phenoxy) is 1. The molecule has 0 aliphatic rings. The number of imidazole rings is 1. The van der Waals surface area contributed by atoms with Gasteiger partial charge in [-0.3, -0.25) is 13.7 Å². The molecule has 0 atom stereocenters. The summed E-state index contributed by atoms with van der Waals surface area (Å²) in [6.45, 7) is 18.5. The first-order valence-electron chi connectivity index (χ1n) is 22.3. The molecule has 0 aliphatic carbocycles. The van der Waals surface area contributed by atoms with Gasteiger partial charge in [-0.1, -0.05) is 186 Å². The normalized spacial score (nSPS) is 12.4. The molecule has 0 unspecified atom stereocenters. The summed E-state index contributed by atoms with van der Waals surface area (Å²) in [6, 6.07) is 63.2. The third-order valence-electron chi connectivity index (χ3n) is 12.8. The van der Waals surface area contributed by atoms with Gasteiger partial charge in [-0.2, -0.15) is 0 Å². The van der Waals surface area contributed by atoms with E-state index in [1.807, 2.05) is 12.3 Å². The molecule has 316 valence electrons. The second-order valence-electron chi connectivity index (χ2n) is 19.6. The lowest BCUT2D eigenvalue weighted by atomic mass is 9.83. The van der Waals surface area contributed by atoms with Gasteiger partial charge in [0.25, 0.3) is 6.33 Å². The van der Waals surface area contributed by atoms with Crippen molar-refractivity contribution in [2.45, 2.75) is 65.5 Å². The SMILES string of the molecule is CC(C)(C)c1ccnc(-n2c3ccccc3c3ccc(Oc4cccc(-n5[c-][n+](-c6c(-c7cccc([Si](C)(C)c8ccccc8)c7)cccc6C(C)(C)C)c6ccccc65)c4)cc32)c1. The molecule has 0 aliphatic heterocycles. The highest BCUT2D eigenvalue weighted by Crippen LogP contribution is 2.38. The molecule has 0 radical (unpaired) electrons. The van der Waals surface area contributed by atoms with Crippen LogP contribution in [0.2, 0.25) is 13.1 Å². The van der Waals surface area contributed by atoms with Gasteiger partial charge in [0.1, 0.15) is 25.4 Å². The van der Waals surface area contributed by atoms with E-state index in [1.165, 1.54) is 38.0 Å². The van der Waals surface area contributed by atoms with Gasteiger partial charge in [-0.25, -0.2) is 4.98 Å². The predicted octanol–water partition coefficient (Wildman–Crippen LogP) is 13.1. The van der Waals surface area contributed by atoms with E-state index in [-0.39, 0.29) is 10.8 Å². The molecular weight excluding hydrogens is 797 g/mol. The molecule has 0 spiro atoms. The highest BCUT2D eigenvalue weighted by atomic mass is 28.3. The summed E-state index contributed by atoms with van der Waals surface area (Å²) in [6.07, 6.45) is 5.78. The fourth-order valence-electron chi connectivity index (χ4n) is 9.23. The number of hydrogen-bond acceptors (Lipinski definition) is 2. The summed E-state index contributed by atoms with van der Waals surface area (Å²) in [5.74, 6) is 2.38. The lowest BCUT2D eigenvalue weighted by Crippen LogP contribution is -2.52. The van der Waals surface area contributed by atoms with Crippen LogP contribution in [-0.4, -0.2) is 22.2 Å². The summed E-state index contributed by atoms with van der Waals surface area (Å²) < 4.78 is 13.5. The summed E-state index contributed by atoms with van der Waals surface area (Å²) in [4.78, 5) is 4.88. The van der Waals surface area contributed by atoms with Crippen molar-refractivity contribution in [3.63, 3.8) is 0 Å². The molecule has 0 saturated carbocycles. The third-order valence-corrected chi connectivity index (χ3v) is 16.4. The van der Waals surface area contributed by atoms with E-state index in [9.17, 15) is 0 Å². The zero-order valence-electron chi connectivity index (χ0n) is 38.0. The minimum Gasteiger partial charge on any atom is -0.458 e. The van der Waals surface area contributed by atoms with E-state index >= 15 is 0 Å². The van der Waals surface area contributed by atoms with Crippen molar-refractivity contribution < 1.29 is 9.30 Å². The van der Waals surface area contributed by atoms with Crippen molar-refractivity contribution >= 4 is 51.3 Å². The lowest BCUT2D eigenvalue weighted by Gasteiger charge is -2.27. The zero-order chi connectivity index (χ0) is 44.4. The Morgan fingerprint density at radius 3 is 2.05 bits per heavy atom. The van der Waals surface area contributed by atoms with Crippen LogP contribution in [0.3, 0.4) is 0 Å². The van der Waals surface area contributed by atoms with Crippen molar-refractivity contribution in [2.75, 3.05) is 0 Å². The van der Waals surface area contributed by atoms with Crippen LogP contribution in [-0.2, 0) is 10.8 Å². The molecule has 0 N–H and O–H groups in total. The number of hydrogen-bond donors (Lipinski definition) is 0. The Morgan fingerprint density at radius 1 is 0.562 bits per heavy atom. The van der Waals surface area contributed by atoms with Gasteiger partial charge in [0.05, 0.1) is 33.4 Å². The van der Waals surface area contributed by atoms with Crippen molar-refractivity contribution in [1.29, 1.82) is 0 Å². The molecule has 0 saturated heterocycles. The molecule has 10 aromatic rings. The number of para-hydroxylation sites is 4. The number of benzene rings is 7. The molecule has 3 heterocycles. The van der Waals surface area contributed by atoms with E-state index in [0.29, 0.717) is 0 Å². The molecule has 7 aromatic carbocycles. The van der Waals surface area contributed by atoms with Crippen LogP contribution < -0.4 is 19.7 Å². The Balaban J connectivity index is 1.07. The predicted molar refractivity (Wildman–Crippen MR) is 268 cm³/mol. The van der Waals surface area contributed by atoms with Gasteiger partial charge in [-0.15, -0.1) is 0 Å². The van der Waals surface area contributed by atoms with Crippen molar-refractivity contribution in [3.8, 4) is 39.8 Å². The van der Waals surface area contributed by atoms with E-state index in [0.717, 1.165) is 56.1 Å².